The quantitative estimate of drug-likeness (QED) is 0.446. The van der Waals surface area contributed by atoms with Crippen molar-refractivity contribution in [1.82, 2.24) is 5.43 Å². The van der Waals surface area contributed by atoms with Gasteiger partial charge in [-0.3, -0.25) is 11.3 Å². The van der Waals surface area contributed by atoms with E-state index in [0.717, 1.165) is 28.0 Å². The molecular weight excluding hydrogens is 348 g/mol. The number of hydrazine groups is 1. The molecule has 0 spiro atoms. The van der Waals surface area contributed by atoms with Gasteiger partial charge in [0.15, 0.2) is 0 Å². The SMILES string of the molecule is COc1ccccc1CC(CSc1cccc(Br)c1)NN. The molecule has 21 heavy (non-hydrogen) atoms. The van der Waals surface area contributed by atoms with Gasteiger partial charge in [0.05, 0.1) is 7.11 Å². The van der Waals surface area contributed by atoms with E-state index >= 15 is 0 Å². The number of ether oxygens (including phenoxy) is 1. The fraction of sp³-hybridized carbons (Fsp3) is 0.250. The summed E-state index contributed by atoms with van der Waals surface area (Å²) in [5.74, 6) is 7.49. The molecule has 3 nitrogen and oxygen atoms in total. The Bertz CT molecular complexity index is 580. The lowest BCUT2D eigenvalue weighted by Gasteiger charge is -2.17. The van der Waals surface area contributed by atoms with Gasteiger partial charge in [0, 0.05) is 21.2 Å². The Hall–Kier alpha value is -1.01. The van der Waals surface area contributed by atoms with Crippen molar-refractivity contribution in [3.63, 3.8) is 0 Å². The van der Waals surface area contributed by atoms with Gasteiger partial charge in [0.1, 0.15) is 5.75 Å². The third-order valence-electron chi connectivity index (χ3n) is 3.14. The number of nitrogens with one attached hydrogen (secondary N) is 1. The standard InChI is InChI=1S/C16H19BrN2OS/c1-20-16-8-3-2-5-12(16)9-14(19-18)11-21-15-7-4-6-13(17)10-15/h2-8,10,14,19H,9,11,18H2,1H3. The normalized spacial score (nSPS) is 12.1. The van der Waals surface area contributed by atoms with Crippen LogP contribution in [0.15, 0.2) is 57.9 Å². The first-order valence-corrected chi connectivity index (χ1v) is 8.47. The number of nitrogens with two attached hydrogens (primary N) is 1. The van der Waals surface area contributed by atoms with Gasteiger partial charge < -0.3 is 4.74 Å². The molecule has 0 bridgehead atoms. The average molecular weight is 367 g/mol. The zero-order valence-electron chi connectivity index (χ0n) is 11.9. The fourth-order valence-corrected chi connectivity index (χ4v) is 3.60. The summed E-state index contributed by atoms with van der Waals surface area (Å²) in [6, 6.07) is 16.5. The highest BCUT2D eigenvalue weighted by molar-refractivity contribution is 9.10. The lowest BCUT2D eigenvalue weighted by Crippen LogP contribution is -2.38. The molecule has 112 valence electrons. The number of hydrogen-bond donors (Lipinski definition) is 2. The topological polar surface area (TPSA) is 47.3 Å². The van der Waals surface area contributed by atoms with Crippen LogP contribution in [0.2, 0.25) is 0 Å². The van der Waals surface area contributed by atoms with Gasteiger partial charge in [-0.15, -0.1) is 11.8 Å². The van der Waals surface area contributed by atoms with Gasteiger partial charge in [-0.25, -0.2) is 0 Å². The molecule has 0 amide bonds. The largest absolute Gasteiger partial charge is 0.496 e. The molecule has 5 heteroatoms. The van der Waals surface area contributed by atoms with Crippen LogP contribution in [0.1, 0.15) is 5.56 Å². The second kappa shape index (κ2) is 8.44. The second-order valence-corrected chi connectivity index (χ2v) is 6.66. The van der Waals surface area contributed by atoms with Crippen molar-refractivity contribution in [3.05, 3.63) is 58.6 Å². The number of para-hydroxylation sites is 1. The Labute approximate surface area is 138 Å². The highest BCUT2D eigenvalue weighted by atomic mass is 79.9. The minimum atomic E-state index is 0.185. The van der Waals surface area contributed by atoms with Crippen molar-refractivity contribution in [2.75, 3.05) is 12.9 Å². The molecule has 0 aromatic heterocycles. The summed E-state index contributed by atoms with van der Waals surface area (Å²) in [6.07, 6.45) is 0.835. The summed E-state index contributed by atoms with van der Waals surface area (Å²) in [5.41, 5.74) is 4.06. The number of rotatable bonds is 7. The van der Waals surface area contributed by atoms with Gasteiger partial charge in [0.25, 0.3) is 0 Å². The van der Waals surface area contributed by atoms with E-state index < -0.39 is 0 Å². The molecule has 0 radical (unpaired) electrons. The van der Waals surface area contributed by atoms with E-state index in [1.54, 1.807) is 18.9 Å². The maximum absolute atomic E-state index is 5.69. The van der Waals surface area contributed by atoms with Crippen LogP contribution in [0.4, 0.5) is 0 Å². The lowest BCUT2D eigenvalue weighted by atomic mass is 10.1. The van der Waals surface area contributed by atoms with Crippen LogP contribution < -0.4 is 16.0 Å². The summed E-state index contributed by atoms with van der Waals surface area (Å²) in [7, 11) is 1.69. The number of halogens is 1. The average Bonchev–Trinajstić information content (AvgIpc) is 2.52. The number of benzene rings is 2. The maximum Gasteiger partial charge on any atom is 0.122 e. The minimum absolute atomic E-state index is 0.185. The summed E-state index contributed by atoms with van der Waals surface area (Å²) in [4.78, 5) is 1.23. The minimum Gasteiger partial charge on any atom is -0.496 e. The Morgan fingerprint density at radius 3 is 2.76 bits per heavy atom. The molecule has 0 heterocycles. The molecule has 0 saturated carbocycles. The third kappa shape index (κ3) is 5.04. The summed E-state index contributed by atoms with van der Waals surface area (Å²) >= 11 is 5.28. The molecule has 3 N–H and O–H groups in total. The maximum atomic E-state index is 5.69. The zero-order valence-corrected chi connectivity index (χ0v) is 14.3. The Kier molecular flexibility index (Phi) is 6.57. The fourth-order valence-electron chi connectivity index (χ4n) is 2.06. The van der Waals surface area contributed by atoms with Crippen molar-refractivity contribution in [2.24, 2.45) is 5.84 Å². The van der Waals surface area contributed by atoms with Gasteiger partial charge in [0.2, 0.25) is 0 Å². The number of thioether (sulfide) groups is 1. The van der Waals surface area contributed by atoms with Crippen LogP contribution in [0.25, 0.3) is 0 Å². The van der Waals surface area contributed by atoms with Crippen LogP contribution in [0.5, 0.6) is 5.75 Å². The molecular formula is C16H19BrN2OS. The monoisotopic (exact) mass is 366 g/mol. The Morgan fingerprint density at radius 1 is 1.24 bits per heavy atom. The molecule has 0 aliphatic heterocycles. The highest BCUT2D eigenvalue weighted by Gasteiger charge is 2.11. The van der Waals surface area contributed by atoms with Crippen molar-refractivity contribution < 1.29 is 4.74 Å². The third-order valence-corrected chi connectivity index (χ3v) is 4.79. The van der Waals surface area contributed by atoms with Crippen LogP contribution in [-0.2, 0) is 6.42 Å². The van der Waals surface area contributed by atoms with Crippen molar-refractivity contribution >= 4 is 27.7 Å². The van der Waals surface area contributed by atoms with E-state index in [9.17, 15) is 0 Å². The van der Waals surface area contributed by atoms with E-state index in [2.05, 4.69) is 39.6 Å². The van der Waals surface area contributed by atoms with E-state index in [4.69, 9.17) is 10.6 Å². The molecule has 0 aliphatic rings. The summed E-state index contributed by atoms with van der Waals surface area (Å²) < 4.78 is 6.48. The van der Waals surface area contributed by atoms with Crippen molar-refractivity contribution in [2.45, 2.75) is 17.4 Å². The first-order chi connectivity index (χ1) is 10.2. The Balaban J connectivity index is 1.97. The van der Waals surface area contributed by atoms with Crippen LogP contribution >= 0.6 is 27.7 Å². The summed E-state index contributed by atoms with van der Waals surface area (Å²) in [6.45, 7) is 0. The molecule has 1 unspecified atom stereocenters. The zero-order chi connectivity index (χ0) is 15.1. The highest BCUT2D eigenvalue weighted by Crippen LogP contribution is 2.24. The molecule has 2 aromatic rings. The van der Waals surface area contributed by atoms with Crippen LogP contribution in [0.3, 0.4) is 0 Å². The number of hydrogen-bond acceptors (Lipinski definition) is 4. The first kappa shape index (κ1) is 16.4. The summed E-state index contributed by atoms with van der Waals surface area (Å²) in [5, 5.41) is 0. The van der Waals surface area contributed by atoms with Crippen LogP contribution in [-0.4, -0.2) is 18.9 Å². The molecule has 0 aliphatic carbocycles. The molecule has 2 rings (SSSR count). The van der Waals surface area contributed by atoms with E-state index in [-0.39, 0.29) is 6.04 Å². The Morgan fingerprint density at radius 2 is 2.05 bits per heavy atom. The van der Waals surface area contributed by atoms with E-state index in [1.165, 1.54) is 4.90 Å². The lowest BCUT2D eigenvalue weighted by molar-refractivity contribution is 0.406. The molecule has 0 fully saturated rings. The van der Waals surface area contributed by atoms with Gasteiger partial charge in [-0.2, -0.15) is 0 Å². The predicted octanol–water partition coefficient (Wildman–Crippen LogP) is 3.62. The van der Waals surface area contributed by atoms with E-state index in [1.807, 2.05) is 30.3 Å². The van der Waals surface area contributed by atoms with E-state index in [0.29, 0.717) is 0 Å². The molecule has 2 aromatic carbocycles. The van der Waals surface area contributed by atoms with Gasteiger partial charge in [-0.05, 0) is 36.2 Å². The molecule has 0 saturated heterocycles. The second-order valence-electron chi connectivity index (χ2n) is 4.65. The smallest absolute Gasteiger partial charge is 0.122 e. The van der Waals surface area contributed by atoms with Gasteiger partial charge in [-0.1, -0.05) is 40.2 Å². The van der Waals surface area contributed by atoms with Gasteiger partial charge >= 0.3 is 0 Å². The van der Waals surface area contributed by atoms with Crippen molar-refractivity contribution in [1.29, 1.82) is 0 Å². The first-order valence-electron chi connectivity index (χ1n) is 6.69. The van der Waals surface area contributed by atoms with Crippen molar-refractivity contribution in [3.8, 4) is 5.75 Å². The predicted molar refractivity (Wildman–Crippen MR) is 92.7 cm³/mol. The van der Waals surface area contributed by atoms with Crippen LogP contribution in [0, 0.1) is 0 Å². The molecule has 1 atom stereocenters. The number of methoxy groups -OCH3 is 1.